The average molecular weight is 1070 g/mol. The zero-order valence-corrected chi connectivity index (χ0v) is 46.1. The molecular weight excluding hydrogens is 981 g/mol. The summed E-state index contributed by atoms with van der Waals surface area (Å²) in [5.41, 5.74) is 4.15. The number of carbonyl (C=O) groups excluding carboxylic acids is 6. The summed E-state index contributed by atoms with van der Waals surface area (Å²) in [6.07, 6.45) is 15.3. The first-order chi connectivity index (χ1) is 37.3. The van der Waals surface area contributed by atoms with Crippen molar-refractivity contribution in [2.75, 3.05) is 40.4 Å². The number of amides is 6. The molecule has 18 heteroatoms. The zero-order valence-electron chi connectivity index (χ0n) is 46.1. The number of nitrogens with zero attached hydrogens (tertiary/aromatic N) is 2. The second-order valence-corrected chi connectivity index (χ2v) is 22.9. The number of ether oxygens (including phenoxy) is 2. The molecular formula is C59H88N8O10. The first kappa shape index (κ1) is 57.9. The molecule has 6 aliphatic rings. The Morgan fingerprint density at radius 3 is 1.35 bits per heavy atom. The molecule has 2 saturated carbocycles. The molecule has 0 radical (unpaired) electrons. The van der Waals surface area contributed by atoms with Crippen LogP contribution in [0.25, 0.3) is 0 Å². The van der Waals surface area contributed by atoms with Crippen molar-refractivity contribution in [1.82, 2.24) is 41.7 Å². The lowest BCUT2D eigenvalue weighted by Crippen LogP contribution is -2.58. The second kappa shape index (κ2) is 27.5. The van der Waals surface area contributed by atoms with Gasteiger partial charge in [0.15, 0.2) is 0 Å². The number of fused-ring (bicyclic) bond motifs is 2. The number of benzene rings is 2. The van der Waals surface area contributed by atoms with E-state index >= 15 is 0 Å². The molecule has 0 spiro atoms. The average Bonchev–Trinajstić information content (AvgIpc) is 4.05. The highest BCUT2D eigenvalue weighted by molar-refractivity contribution is 5.95. The van der Waals surface area contributed by atoms with Crippen LogP contribution >= 0.6 is 0 Å². The normalized spacial score (nSPS) is 25.3. The molecule has 10 atom stereocenters. The molecule has 2 aliphatic heterocycles. The Labute approximate surface area is 455 Å². The highest BCUT2D eigenvalue weighted by Crippen LogP contribution is 2.39. The maximum atomic E-state index is 14.3. The van der Waals surface area contributed by atoms with Gasteiger partial charge in [-0.1, -0.05) is 62.8 Å². The van der Waals surface area contributed by atoms with Crippen molar-refractivity contribution in [3.05, 3.63) is 58.7 Å². The van der Waals surface area contributed by atoms with Gasteiger partial charge in [-0.15, -0.1) is 0 Å². The third-order valence-corrected chi connectivity index (χ3v) is 17.6. The number of hydrogen-bond acceptors (Lipinski definition) is 12. The van der Waals surface area contributed by atoms with Gasteiger partial charge >= 0.3 is 0 Å². The molecule has 2 saturated heterocycles. The number of nitrogens with one attached hydrogen (secondary N) is 6. The summed E-state index contributed by atoms with van der Waals surface area (Å²) in [7, 11) is 3.40. The lowest BCUT2D eigenvalue weighted by atomic mass is 9.83. The number of rotatable bonds is 22. The van der Waals surface area contributed by atoms with Crippen molar-refractivity contribution in [1.29, 1.82) is 0 Å². The molecule has 8 rings (SSSR count). The maximum Gasteiger partial charge on any atom is 0.246 e. The maximum absolute atomic E-state index is 14.3. The van der Waals surface area contributed by atoms with Gasteiger partial charge in [0, 0.05) is 25.9 Å². The smallest absolute Gasteiger partial charge is 0.246 e. The van der Waals surface area contributed by atoms with Crippen LogP contribution in [0.1, 0.15) is 170 Å². The Morgan fingerprint density at radius 1 is 0.558 bits per heavy atom. The van der Waals surface area contributed by atoms with Crippen LogP contribution in [0.3, 0.4) is 0 Å². The molecule has 2 aromatic carbocycles. The molecule has 0 bridgehead atoms. The molecule has 2 heterocycles. The highest BCUT2D eigenvalue weighted by atomic mass is 16.5. The summed E-state index contributed by atoms with van der Waals surface area (Å²) < 4.78 is 12.8. The van der Waals surface area contributed by atoms with Gasteiger partial charge in [0.1, 0.15) is 35.7 Å². The number of likely N-dealkylation sites (tertiary alicyclic amines) is 2. The first-order valence-electron chi connectivity index (χ1n) is 29.3. The quantitative estimate of drug-likeness (QED) is 0.0758. The molecule has 424 valence electrons. The Kier molecular flexibility index (Phi) is 20.7. The summed E-state index contributed by atoms with van der Waals surface area (Å²) in [6.45, 7) is 4.62. The standard InChI is InChI=1S/C59H88N8O10/c1-36(60-3)54(70)64-52(38-18-8-5-9-19-38)58(74)66-34-40(68)32-48(66)56(72)62-46-26-14-24-44-42(46)22-16-28-50(44)76-30-12-7-13-31-77-51-29-17-23-43-45(51)25-15-27-47(43)63-57(73)49-33-41(69)35-67(49)59(75)53(39-20-10-6-11-21-39)65-55(71)37(2)61-4/h16-17,22-23,28-29,36-41,46-49,52-53,60-61,68-69H,5-15,18-21,24-27,30-35H2,1-4H3,(H,62,72)(H,63,73)(H,64,70)(H,65,71)/t36?,37?,40-,41-,46+,47?,48-,49-,52?,53?/m0/s1. The van der Waals surface area contributed by atoms with E-state index in [-0.39, 0.29) is 85.3 Å². The third-order valence-electron chi connectivity index (χ3n) is 17.6. The van der Waals surface area contributed by atoms with Crippen molar-refractivity contribution in [2.24, 2.45) is 11.8 Å². The van der Waals surface area contributed by atoms with Crippen LogP contribution in [0.5, 0.6) is 11.5 Å². The van der Waals surface area contributed by atoms with E-state index in [0.717, 1.165) is 156 Å². The van der Waals surface area contributed by atoms with Gasteiger partial charge < -0.3 is 61.4 Å². The van der Waals surface area contributed by atoms with Gasteiger partial charge in [0.05, 0.1) is 49.6 Å². The topological polar surface area (TPSA) is 240 Å². The van der Waals surface area contributed by atoms with Crippen molar-refractivity contribution in [2.45, 2.75) is 209 Å². The Hall–Kier alpha value is -5.30. The van der Waals surface area contributed by atoms with Crippen LogP contribution in [-0.4, -0.2) is 144 Å². The molecule has 0 aromatic heterocycles. The second-order valence-electron chi connectivity index (χ2n) is 22.9. The molecule has 18 nitrogen and oxygen atoms in total. The summed E-state index contributed by atoms with van der Waals surface area (Å²) in [6, 6.07) is 7.21. The van der Waals surface area contributed by atoms with Crippen molar-refractivity contribution >= 4 is 35.4 Å². The number of unbranched alkanes of at least 4 members (excludes halogenated alkanes) is 2. The van der Waals surface area contributed by atoms with Gasteiger partial charge in [-0.25, -0.2) is 0 Å². The van der Waals surface area contributed by atoms with Crippen LogP contribution in [0.4, 0.5) is 0 Å². The van der Waals surface area contributed by atoms with Crippen molar-refractivity contribution in [3.8, 4) is 11.5 Å². The SMILES string of the molecule is CNC(C)C(=O)NC(C(=O)N1C[C@@H](O)C[C@H]1C(=O)NC1CCCc2c(OCCCCCOc3cccc4c3CCC[C@H]4NC(=O)[C@@H]3C[C@H](O)CN3C(=O)C(NC(=O)C(C)NC)C3CCCCC3)cccc21)C1CCCCC1. The predicted octanol–water partition coefficient (Wildman–Crippen LogP) is 4.57. The molecule has 4 aliphatic carbocycles. The molecule has 77 heavy (non-hydrogen) atoms. The van der Waals surface area contributed by atoms with Gasteiger partial charge in [0.25, 0.3) is 0 Å². The molecule has 4 fully saturated rings. The third kappa shape index (κ3) is 14.3. The largest absolute Gasteiger partial charge is 0.493 e. The molecule has 5 unspecified atom stereocenters. The number of β-amino-alcohol motifs (C(OH)–C–C–N with tert-alkyl or cyclic N) is 2. The number of likely N-dealkylation sites (N-methyl/N-ethyl adjacent to an activating group) is 2. The molecule has 8 N–H and O–H groups in total. The van der Waals surface area contributed by atoms with Crippen LogP contribution < -0.4 is 41.4 Å². The number of aliphatic hydroxyl groups excluding tert-OH is 2. The van der Waals surface area contributed by atoms with E-state index < -0.39 is 48.5 Å². The van der Waals surface area contributed by atoms with Gasteiger partial charge in [-0.3, -0.25) is 28.8 Å². The fourth-order valence-corrected chi connectivity index (χ4v) is 13.0. The lowest BCUT2D eigenvalue weighted by Gasteiger charge is -2.35. The van der Waals surface area contributed by atoms with Gasteiger partial charge in [-0.05, 0) is 158 Å². The van der Waals surface area contributed by atoms with Crippen LogP contribution in [0.2, 0.25) is 0 Å². The van der Waals surface area contributed by atoms with Crippen LogP contribution in [0, 0.1) is 11.8 Å². The van der Waals surface area contributed by atoms with Gasteiger partial charge in [0.2, 0.25) is 35.4 Å². The van der Waals surface area contributed by atoms with E-state index in [1.807, 2.05) is 36.4 Å². The Bertz CT molecular complexity index is 2200. The minimum Gasteiger partial charge on any atom is -0.493 e. The van der Waals surface area contributed by atoms with Crippen molar-refractivity contribution < 1.29 is 48.5 Å². The highest BCUT2D eigenvalue weighted by Gasteiger charge is 2.46. The summed E-state index contributed by atoms with van der Waals surface area (Å²) >= 11 is 0. The first-order valence-corrected chi connectivity index (χ1v) is 29.3. The van der Waals surface area contributed by atoms with E-state index in [1.165, 1.54) is 9.80 Å². The fraction of sp³-hybridized carbons (Fsp3) is 0.695. The van der Waals surface area contributed by atoms with Gasteiger partial charge in [-0.2, -0.15) is 0 Å². The Balaban J connectivity index is 0.814. The number of carbonyl (C=O) groups is 6. The zero-order chi connectivity index (χ0) is 54.6. The van der Waals surface area contributed by atoms with E-state index in [2.05, 4.69) is 31.9 Å². The summed E-state index contributed by atoms with van der Waals surface area (Å²) in [4.78, 5) is 86.1. The lowest BCUT2D eigenvalue weighted by molar-refractivity contribution is -0.143. The minimum atomic E-state index is -0.849. The minimum absolute atomic E-state index is 0.0309. The van der Waals surface area contributed by atoms with E-state index in [0.29, 0.717) is 13.2 Å². The van der Waals surface area contributed by atoms with E-state index in [1.54, 1.807) is 27.9 Å². The van der Waals surface area contributed by atoms with E-state index in [9.17, 15) is 39.0 Å². The van der Waals surface area contributed by atoms with E-state index in [4.69, 9.17) is 9.47 Å². The summed E-state index contributed by atoms with van der Waals surface area (Å²) in [5, 5.41) is 40.1. The number of hydrogen-bond donors (Lipinski definition) is 8. The monoisotopic (exact) mass is 1070 g/mol. The molecule has 2 aromatic rings. The molecule has 6 amide bonds. The Morgan fingerprint density at radius 2 is 0.961 bits per heavy atom. The summed E-state index contributed by atoms with van der Waals surface area (Å²) in [5.74, 6) is -0.183. The number of aliphatic hydroxyl groups is 2. The van der Waals surface area contributed by atoms with Crippen LogP contribution in [0.15, 0.2) is 36.4 Å². The van der Waals surface area contributed by atoms with Crippen molar-refractivity contribution in [3.63, 3.8) is 0 Å². The van der Waals surface area contributed by atoms with Crippen LogP contribution in [-0.2, 0) is 41.6 Å². The fourth-order valence-electron chi connectivity index (χ4n) is 13.0. The predicted molar refractivity (Wildman–Crippen MR) is 292 cm³/mol.